The molecule has 1 heterocycles. The van der Waals surface area contributed by atoms with Gasteiger partial charge in [0.15, 0.2) is 0 Å². The SMILES string of the molecule is [B]C1CC(OS)C(COP(=O)(O)OCCCOP(=O)(O)OCCCOP(=O)(O)OCCCOP(=O)(O)OCCCOP(=O)(O)OCCCCC#C)O1. The van der Waals surface area contributed by atoms with Crippen molar-refractivity contribution in [2.24, 2.45) is 0 Å². The molecule has 52 heavy (non-hydrogen) atoms. The Balaban J connectivity index is 2.09. The maximum Gasteiger partial charge on any atom is 0.472 e. The van der Waals surface area contributed by atoms with Crippen molar-refractivity contribution < 1.29 is 101 Å². The second kappa shape index (κ2) is 26.4. The highest BCUT2D eigenvalue weighted by molar-refractivity contribution is 7.75. The lowest BCUT2D eigenvalue weighted by Gasteiger charge is -2.18. The van der Waals surface area contributed by atoms with Gasteiger partial charge in [0, 0.05) is 12.4 Å². The molecule has 0 saturated carbocycles. The lowest BCUT2D eigenvalue weighted by Crippen LogP contribution is -2.27. The second-order valence-electron chi connectivity index (χ2n) is 10.3. The topological polar surface area (TPSA) is 297 Å². The van der Waals surface area contributed by atoms with Crippen molar-refractivity contribution in [3.63, 3.8) is 0 Å². The summed E-state index contributed by atoms with van der Waals surface area (Å²) in [6, 6.07) is -0.646. The van der Waals surface area contributed by atoms with Crippen molar-refractivity contribution >= 4 is 59.9 Å². The average Bonchev–Trinajstić information content (AvgIpc) is 3.42. The second-order valence-corrected chi connectivity index (χ2v) is 17.8. The van der Waals surface area contributed by atoms with Gasteiger partial charge in [-0.2, -0.15) is 0 Å². The Morgan fingerprint density at radius 3 is 1.19 bits per heavy atom. The fourth-order valence-electron chi connectivity index (χ4n) is 3.54. The Bertz CT molecular complexity index is 1290. The number of phosphoric acid groups is 5. The molecule has 22 nitrogen and oxygen atoms in total. The first-order valence-electron chi connectivity index (χ1n) is 15.5. The molecule has 0 aromatic heterocycles. The molecule has 0 aromatic rings. The number of rotatable bonds is 33. The fourth-order valence-corrected chi connectivity index (χ4v) is 7.71. The van der Waals surface area contributed by atoms with Gasteiger partial charge in [-0.3, -0.25) is 45.2 Å². The van der Waals surface area contributed by atoms with E-state index in [-0.39, 0.29) is 58.7 Å². The Morgan fingerprint density at radius 1 is 0.577 bits per heavy atom. The standard InChI is InChI=1S/C23H46BO22P5S/c1-2-3-4-5-10-35-47(25,26)36-11-6-12-37-48(27,28)38-13-7-14-39-49(29,30)40-15-8-16-41-50(31,32)42-17-9-18-43-51(33,34)44-20-22-21(46-52)19-23(24)45-22/h1,21-23,52H,3-20H2,(H,25,26)(H,27,28)(H,29,30)(H,31,32)(H,33,34). The molecular formula is C23H46BO22P5S. The maximum absolute atomic E-state index is 12.0. The van der Waals surface area contributed by atoms with E-state index in [4.69, 9.17) is 68.4 Å². The van der Waals surface area contributed by atoms with Crippen molar-refractivity contribution in [1.29, 1.82) is 0 Å². The first-order valence-corrected chi connectivity index (χ1v) is 23.4. The van der Waals surface area contributed by atoms with Crippen LogP contribution in [-0.2, 0) is 77.0 Å². The van der Waals surface area contributed by atoms with Gasteiger partial charge in [0.2, 0.25) is 0 Å². The van der Waals surface area contributed by atoms with E-state index >= 15 is 0 Å². The summed E-state index contributed by atoms with van der Waals surface area (Å²) >= 11 is 3.69. The normalized spacial score (nSPS) is 23.5. The van der Waals surface area contributed by atoms with Gasteiger partial charge in [-0.05, 0) is 57.9 Å². The molecule has 0 bridgehead atoms. The van der Waals surface area contributed by atoms with Crippen molar-refractivity contribution in [3.8, 4) is 12.3 Å². The number of thiol groups is 1. The van der Waals surface area contributed by atoms with E-state index in [9.17, 15) is 47.3 Å². The smallest absolute Gasteiger partial charge is 0.379 e. The van der Waals surface area contributed by atoms with Gasteiger partial charge in [0.25, 0.3) is 0 Å². The molecule has 1 aliphatic rings. The molecule has 1 rings (SSSR count). The molecule has 5 N–H and O–H groups in total. The van der Waals surface area contributed by atoms with Gasteiger partial charge < -0.3 is 33.4 Å². The number of hydrogen-bond acceptors (Lipinski definition) is 18. The molecule has 29 heteroatoms. The van der Waals surface area contributed by atoms with E-state index in [0.717, 1.165) is 0 Å². The molecule has 0 aliphatic carbocycles. The van der Waals surface area contributed by atoms with Gasteiger partial charge in [0.1, 0.15) is 20.1 Å². The van der Waals surface area contributed by atoms with Crippen molar-refractivity contribution in [2.45, 2.75) is 69.6 Å². The van der Waals surface area contributed by atoms with Gasteiger partial charge in [-0.25, -0.2) is 22.8 Å². The molecule has 1 fully saturated rings. The van der Waals surface area contributed by atoms with Gasteiger partial charge in [-0.15, -0.1) is 12.3 Å². The molecule has 0 amide bonds. The zero-order chi connectivity index (χ0) is 39.2. The van der Waals surface area contributed by atoms with Crippen molar-refractivity contribution in [1.82, 2.24) is 0 Å². The quantitative estimate of drug-likeness (QED) is 0.0137. The highest BCUT2D eigenvalue weighted by atomic mass is 32.1. The number of unbranched alkanes of at least 4 members (excludes halogenated alkanes) is 2. The Morgan fingerprint density at radius 2 is 0.885 bits per heavy atom. The predicted molar refractivity (Wildman–Crippen MR) is 183 cm³/mol. The average molecular weight is 872 g/mol. The summed E-state index contributed by atoms with van der Waals surface area (Å²) in [5.74, 6) is 2.42. The van der Waals surface area contributed by atoms with Gasteiger partial charge >= 0.3 is 39.1 Å². The third kappa shape index (κ3) is 26.3. The van der Waals surface area contributed by atoms with Crippen LogP contribution < -0.4 is 0 Å². The van der Waals surface area contributed by atoms with Gasteiger partial charge in [0.05, 0.1) is 66.1 Å². The van der Waals surface area contributed by atoms with E-state index in [1.165, 1.54) is 0 Å². The maximum atomic E-state index is 12.0. The minimum atomic E-state index is -4.57. The van der Waals surface area contributed by atoms with Crippen LogP contribution in [0.15, 0.2) is 0 Å². The zero-order valence-corrected chi connectivity index (χ0v) is 33.3. The van der Waals surface area contributed by atoms with Crippen LogP contribution in [0.5, 0.6) is 0 Å². The molecule has 0 spiro atoms. The van der Waals surface area contributed by atoms with Gasteiger partial charge in [-0.1, -0.05) is 0 Å². The van der Waals surface area contributed by atoms with E-state index in [2.05, 4.69) is 18.8 Å². The van der Waals surface area contributed by atoms with Crippen LogP contribution in [0.1, 0.15) is 51.4 Å². The van der Waals surface area contributed by atoms with E-state index in [0.29, 0.717) is 25.7 Å². The molecule has 2 radical (unpaired) electrons. The zero-order valence-electron chi connectivity index (χ0n) is 28.0. The van der Waals surface area contributed by atoms with Crippen LogP contribution in [0.3, 0.4) is 0 Å². The first-order chi connectivity index (χ1) is 24.3. The van der Waals surface area contributed by atoms with Crippen LogP contribution in [0.2, 0.25) is 0 Å². The van der Waals surface area contributed by atoms with Crippen molar-refractivity contribution in [3.05, 3.63) is 0 Å². The number of phosphoric ester groups is 5. The number of hydrogen-bond donors (Lipinski definition) is 6. The summed E-state index contributed by atoms with van der Waals surface area (Å²) in [6.07, 6.45) is 5.28. The molecule has 1 aliphatic heterocycles. The van der Waals surface area contributed by atoms with E-state index < -0.39 is 90.4 Å². The number of ether oxygens (including phenoxy) is 1. The monoisotopic (exact) mass is 872 g/mol. The highest BCUT2D eigenvalue weighted by Gasteiger charge is 2.36. The summed E-state index contributed by atoms with van der Waals surface area (Å²) in [6.45, 7) is -3.57. The van der Waals surface area contributed by atoms with Crippen LogP contribution in [0.25, 0.3) is 0 Å². The summed E-state index contributed by atoms with van der Waals surface area (Å²) in [5, 5.41) is 0. The Kier molecular flexibility index (Phi) is 25.6. The molecule has 1 saturated heterocycles. The third-order valence-corrected chi connectivity index (χ3v) is 11.3. The lowest BCUT2D eigenvalue weighted by atomic mass is 9.96. The lowest BCUT2D eigenvalue weighted by molar-refractivity contribution is 0.00481. The molecule has 8 unspecified atom stereocenters. The fraction of sp³-hybridized carbons (Fsp3) is 0.913. The van der Waals surface area contributed by atoms with Crippen LogP contribution in [-0.4, -0.2) is 117 Å². The summed E-state index contributed by atoms with van der Waals surface area (Å²) < 4.78 is 117. The minimum absolute atomic E-state index is 0.0319. The Hall–Kier alpha value is 0.445. The number of terminal acetylenes is 1. The van der Waals surface area contributed by atoms with Crippen LogP contribution in [0.4, 0.5) is 0 Å². The summed E-state index contributed by atoms with van der Waals surface area (Å²) in [5.41, 5.74) is 0. The molecule has 0 aromatic carbocycles. The molecular weight excluding hydrogens is 826 g/mol. The largest absolute Gasteiger partial charge is 0.472 e. The van der Waals surface area contributed by atoms with Crippen molar-refractivity contribution in [2.75, 3.05) is 66.1 Å². The van der Waals surface area contributed by atoms with Crippen LogP contribution >= 0.6 is 52.0 Å². The highest BCUT2D eigenvalue weighted by Crippen LogP contribution is 2.47. The van der Waals surface area contributed by atoms with E-state index in [1.807, 2.05) is 0 Å². The summed E-state index contributed by atoms with van der Waals surface area (Å²) in [4.78, 5) is 48.4. The van der Waals surface area contributed by atoms with Crippen LogP contribution in [0, 0.1) is 12.3 Å². The first kappa shape index (κ1) is 50.5. The molecule has 8 atom stereocenters. The Labute approximate surface area is 308 Å². The third-order valence-electron chi connectivity index (χ3n) is 5.93. The minimum Gasteiger partial charge on any atom is -0.379 e. The summed E-state index contributed by atoms with van der Waals surface area (Å²) in [7, 11) is -16.8. The van der Waals surface area contributed by atoms with E-state index in [1.54, 1.807) is 0 Å². The predicted octanol–water partition coefficient (Wildman–Crippen LogP) is 3.53. The molecule has 304 valence electrons.